The number of benzene rings is 1. The summed E-state index contributed by atoms with van der Waals surface area (Å²) in [7, 11) is 0. The fourth-order valence-corrected chi connectivity index (χ4v) is 2.49. The number of hydrogen-bond donors (Lipinski definition) is 1. The fourth-order valence-electron chi connectivity index (χ4n) is 2.49. The Morgan fingerprint density at radius 2 is 1.95 bits per heavy atom. The number of aryl methyl sites for hydroxylation is 1. The first-order chi connectivity index (χ1) is 9.37. The second-order valence-corrected chi connectivity index (χ2v) is 6.25. The summed E-state index contributed by atoms with van der Waals surface area (Å²) in [5.74, 6) is -0.343. The molecule has 0 aliphatic carbocycles. The van der Waals surface area contributed by atoms with Gasteiger partial charge in [0.15, 0.2) is 0 Å². The Bertz CT molecular complexity index is 517. The molecule has 0 saturated heterocycles. The van der Waals surface area contributed by atoms with Gasteiger partial charge in [-0.1, -0.05) is 18.2 Å². The molecule has 20 heavy (non-hydrogen) atoms. The van der Waals surface area contributed by atoms with Crippen molar-refractivity contribution in [3.05, 3.63) is 29.8 Å². The summed E-state index contributed by atoms with van der Waals surface area (Å²) in [6, 6.07) is 7.91. The standard InChI is InChI=1S/C16H22N2O2/c1-16(2,3)17-14(19)11-15(20)18-10-6-8-12-7-4-5-9-13(12)18/h4-5,7,9H,6,8,10-11H2,1-3H3,(H,17,19). The molecule has 0 atom stereocenters. The molecular weight excluding hydrogens is 252 g/mol. The number of nitrogens with zero attached hydrogens (tertiary/aromatic N) is 1. The van der Waals surface area contributed by atoms with Crippen LogP contribution in [0.2, 0.25) is 0 Å². The maximum Gasteiger partial charge on any atom is 0.236 e. The summed E-state index contributed by atoms with van der Waals surface area (Å²) >= 11 is 0. The Hall–Kier alpha value is -1.84. The van der Waals surface area contributed by atoms with Gasteiger partial charge in [0.1, 0.15) is 6.42 Å². The Morgan fingerprint density at radius 1 is 1.25 bits per heavy atom. The third-order valence-electron chi connectivity index (χ3n) is 3.24. The minimum absolute atomic E-state index is 0.0917. The molecule has 0 spiro atoms. The van der Waals surface area contributed by atoms with Gasteiger partial charge in [0.25, 0.3) is 0 Å². The van der Waals surface area contributed by atoms with Crippen molar-refractivity contribution in [3.63, 3.8) is 0 Å². The average molecular weight is 274 g/mol. The van der Waals surface area contributed by atoms with E-state index in [1.165, 1.54) is 5.56 Å². The van der Waals surface area contributed by atoms with E-state index in [0.717, 1.165) is 18.5 Å². The van der Waals surface area contributed by atoms with E-state index in [4.69, 9.17) is 0 Å². The molecule has 1 aliphatic heterocycles. The van der Waals surface area contributed by atoms with Gasteiger partial charge in [-0.05, 0) is 45.2 Å². The second-order valence-electron chi connectivity index (χ2n) is 6.25. The molecule has 1 aromatic carbocycles. The van der Waals surface area contributed by atoms with Crippen molar-refractivity contribution in [2.75, 3.05) is 11.4 Å². The fraction of sp³-hybridized carbons (Fsp3) is 0.500. The van der Waals surface area contributed by atoms with E-state index < -0.39 is 0 Å². The first-order valence-corrected chi connectivity index (χ1v) is 7.06. The van der Waals surface area contributed by atoms with E-state index >= 15 is 0 Å². The maximum absolute atomic E-state index is 12.3. The Morgan fingerprint density at radius 3 is 2.65 bits per heavy atom. The van der Waals surface area contributed by atoms with E-state index in [0.29, 0.717) is 6.54 Å². The molecule has 1 aliphatic rings. The lowest BCUT2D eigenvalue weighted by molar-refractivity contribution is -0.128. The van der Waals surface area contributed by atoms with Gasteiger partial charge < -0.3 is 10.2 Å². The molecule has 4 nitrogen and oxygen atoms in total. The molecule has 4 heteroatoms. The molecule has 2 amide bonds. The van der Waals surface area contributed by atoms with Crippen molar-refractivity contribution in [3.8, 4) is 0 Å². The number of rotatable bonds is 2. The average Bonchev–Trinajstić information content (AvgIpc) is 2.35. The summed E-state index contributed by atoms with van der Waals surface area (Å²) in [6.45, 7) is 6.42. The number of hydrogen-bond acceptors (Lipinski definition) is 2. The zero-order valence-corrected chi connectivity index (χ0v) is 12.4. The largest absolute Gasteiger partial charge is 0.351 e. The quantitative estimate of drug-likeness (QED) is 0.841. The molecule has 0 unspecified atom stereocenters. The highest BCUT2D eigenvalue weighted by atomic mass is 16.2. The lowest BCUT2D eigenvalue weighted by atomic mass is 10.0. The number of carbonyl (C=O) groups excluding carboxylic acids is 2. The van der Waals surface area contributed by atoms with E-state index in [1.807, 2.05) is 45.0 Å². The number of nitrogens with one attached hydrogen (secondary N) is 1. The van der Waals surface area contributed by atoms with Crippen LogP contribution < -0.4 is 10.2 Å². The van der Waals surface area contributed by atoms with Crippen LogP contribution in [0.1, 0.15) is 39.2 Å². The van der Waals surface area contributed by atoms with Crippen molar-refractivity contribution < 1.29 is 9.59 Å². The van der Waals surface area contributed by atoms with Gasteiger partial charge in [0.2, 0.25) is 11.8 Å². The molecule has 1 heterocycles. The molecule has 0 fully saturated rings. The summed E-state index contributed by atoms with van der Waals surface area (Å²) in [4.78, 5) is 25.9. The molecular formula is C16H22N2O2. The topological polar surface area (TPSA) is 49.4 Å². The van der Waals surface area contributed by atoms with Crippen molar-refractivity contribution in [1.29, 1.82) is 0 Å². The Balaban J connectivity index is 2.06. The van der Waals surface area contributed by atoms with Crippen LogP contribution in [-0.2, 0) is 16.0 Å². The number of fused-ring (bicyclic) bond motifs is 1. The van der Waals surface area contributed by atoms with Gasteiger partial charge in [0, 0.05) is 17.8 Å². The van der Waals surface area contributed by atoms with Gasteiger partial charge in [-0.25, -0.2) is 0 Å². The maximum atomic E-state index is 12.3. The van der Waals surface area contributed by atoms with Crippen molar-refractivity contribution >= 4 is 17.5 Å². The number of carbonyl (C=O) groups is 2. The van der Waals surface area contributed by atoms with Crippen LogP contribution >= 0.6 is 0 Å². The first kappa shape index (κ1) is 14.6. The molecule has 0 bridgehead atoms. The minimum Gasteiger partial charge on any atom is -0.351 e. The predicted molar refractivity (Wildman–Crippen MR) is 79.6 cm³/mol. The molecule has 108 valence electrons. The first-order valence-electron chi connectivity index (χ1n) is 7.06. The van der Waals surface area contributed by atoms with Crippen LogP contribution in [0.3, 0.4) is 0 Å². The summed E-state index contributed by atoms with van der Waals surface area (Å²) < 4.78 is 0. The van der Waals surface area contributed by atoms with Gasteiger partial charge in [-0.15, -0.1) is 0 Å². The third kappa shape index (κ3) is 3.59. The van der Waals surface area contributed by atoms with Crippen molar-refractivity contribution in [2.24, 2.45) is 0 Å². The van der Waals surface area contributed by atoms with E-state index in [1.54, 1.807) is 4.90 Å². The van der Waals surface area contributed by atoms with Crippen LogP contribution in [0.5, 0.6) is 0 Å². The molecule has 0 saturated carbocycles. The predicted octanol–water partition coefficient (Wildman–Crippen LogP) is 2.27. The summed E-state index contributed by atoms with van der Waals surface area (Å²) in [5, 5.41) is 2.83. The second kappa shape index (κ2) is 5.65. The Kier molecular flexibility index (Phi) is 4.12. The highest BCUT2D eigenvalue weighted by Gasteiger charge is 2.25. The number of amides is 2. The number of para-hydroxylation sites is 1. The smallest absolute Gasteiger partial charge is 0.236 e. The monoisotopic (exact) mass is 274 g/mol. The lowest BCUT2D eigenvalue weighted by Gasteiger charge is -2.30. The van der Waals surface area contributed by atoms with Gasteiger partial charge in [0.05, 0.1) is 0 Å². The van der Waals surface area contributed by atoms with Crippen LogP contribution in [0.4, 0.5) is 5.69 Å². The van der Waals surface area contributed by atoms with Crippen LogP contribution in [-0.4, -0.2) is 23.9 Å². The van der Waals surface area contributed by atoms with Crippen LogP contribution in [0, 0.1) is 0 Å². The zero-order chi connectivity index (χ0) is 14.8. The Labute approximate surface area is 120 Å². The van der Waals surface area contributed by atoms with Gasteiger partial charge in [-0.2, -0.15) is 0 Å². The van der Waals surface area contributed by atoms with Crippen molar-refractivity contribution in [2.45, 2.75) is 45.6 Å². The third-order valence-corrected chi connectivity index (χ3v) is 3.24. The van der Waals surface area contributed by atoms with Crippen LogP contribution in [0.15, 0.2) is 24.3 Å². The van der Waals surface area contributed by atoms with E-state index in [9.17, 15) is 9.59 Å². The normalized spacial score (nSPS) is 14.7. The molecule has 1 N–H and O–H groups in total. The molecule has 2 rings (SSSR count). The van der Waals surface area contributed by atoms with Gasteiger partial charge >= 0.3 is 0 Å². The molecule has 0 aromatic heterocycles. The lowest BCUT2D eigenvalue weighted by Crippen LogP contribution is -2.44. The summed E-state index contributed by atoms with van der Waals surface area (Å²) in [6.07, 6.45) is 1.85. The van der Waals surface area contributed by atoms with Gasteiger partial charge in [-0.3, -0.25) is 9.59 Å². The van der Waals surface area contributed by atoms with Crippen LogP contribution in [0.25, 0.3) is 0 Å². The number of anilines is 1. The minimum atomic E-state index is -0.308. The SMILES string of the molecule is CC(C)(C)NC(=O)CC(=O)N1CCCc2ccccc21. The zero-order valence-electron chi connectivity index (χ0n) is 12.4. The summed E-state index contributed by atoms with van der Waals surface area (Å²) in [5.41, 5.74) is 1.83. The van der Waals surface area contributed by atoms with Crippen molar-refractivity contribution in [1.82, 2.24) is 5.32 Å². The highest BCUT2D eigenvalue weighted by Crippen LogP contribution is 2.27. The molecule has 1 aromatic rings. The van der Waals surface area contributed by atoms with E-state index in [-0.39, 0.29) is 23.8 Å². The molecule has 0 radical (unpaired) electrons. The highest BCUT2D eigenvalue weighted by molar-refractivity contribution is 6.05. The van der Waals surface area contributed by atoms with E-state index in [2.05, 4.69) is 5.32 Å².